The quantitative estimate of drug-likeness (QED) is 0.319. The van der Waals surface area contributed by atoms with Crippen LogP contribution >= 0.6 is 0 Å². The molecule has 2 aliphatic carbocycles. The average molecular weight is 407 g/mol. The average Bonchev–Trinajstić information content (AvgIpc) is 2.80. The van der Waals surface area contributed by atoms with Gasteiger partial charge in [-0.1, -0.05) is 49.8 Å². The number of benzene rings is 1. The van der Waals surface area contributed by atoms with Crippen LogP contribution in [-0.4, -0.2) is 12.7 Å². The molecule has 164 valence electrons. The van der Waals surface area contributed by atoms with Gasteiger partial charge in [-0.2, -0.15) is 0 Å². The zero-order chi connectivity index (χ0) is 21.2. The standard InChI is InChI=1S/C29H42O/c1-4-27(5-2)28-19-15-25(16-20-28)13-11-23-7-9-24(10-8-23)12-14-26-17-21-29(22-18-26)30-6-3/h4,7-10,25-29H,1,5-6,11,13,15-22H2,2-3H3/t25-,26-,27?,28-,29-. The Kier molecular flexibility index (Phi) is 9.54. The monoisotopic (exact) mass is 406 g/mol. The molecule has 1 heteroatoms. The molecule has 0 saturated heterocycles. The second-order valence-corrected chi connectivity index (χ2v) is 9.52. The molecule has 0 spiro atoms. The summed E-state index contributed by atoms with van der Waals surface area (Å²) in [5.41, 5.74) is 2.64. The second-order valence-electron chi connectivity index (χ2n) is 9.52. The molecule has 2 fully saturated rings. The first-order valence-corrected chi connectivity index (χ1v) is 12.6. The van der Waals surface area contributed by atoms with E-state index in [0.29, 0.717) is 12.0 Å². The molecule has 1 aromatic rings. The summed E-state index contributed by atoms with van der Waals surface area (Å²) >= 11 is 0. The lowest BCUT2D eigenvalue weighted by molar-refractivity contribution is 0.0310. The molecule has 30 heavy (non-hydrogen) atoms. The van der Waals surface area contributed by atoms with E-state index in [1.807, 2.05) is 0 Å². The predicted molar refractivity (Wildman–Crippen MR) is 128 cm³/mol. The highest BCUT2D eigenvalue weighted by atomic mass is 16.5. The molecular formula is C29H42O. The molecule has 2 aliphatic rings. The van der Waals surface area contributed by atoms with Crippen LogP contribution in [0.1, 0.15) is 89.2 Å². The van der Waals surface area contributed by atoms with E-state index in [-0.39, 0.29) is 0 Å². The Labute approximate surface area is 185 Å². The number of hydrogen-bond acceptors (Lipinski definition) is 1. The van der Waals surface area contributed by atoms with Crippen molar-refractivity contribution in [2.45, 2.75) is 90.6 Å². The van der Waals surface area contributed by atoms with Crippen molar-refractivity contribution in [3.8, 4) is 11.8 Å². The van der Waals surface area contributed by atoms with Crippen LogP contribution in [0.4, 0.5) is 0 Å². The molecule has 0 bridgehead atoms. The summed E-state index contributed by atoms with van der Waals surface area (Å²) in [7, 11) is 0. The summed E-state index contributed by atoms with van der Waals surface area (Å²) in [6.07, 6.45) is 16.8. The van der Waals surface area contributed by atoms with Crippen LogP contribution in [0.15, 0.2) is 36.9 Å². The highest BCUT2D eigenvalue weighted by molar-refractivity contribution is 5.36. The van der Waals surface area contributed by atoms with E-state index in [1.54, 1.807) is 0 Å². The lowest BCUT2D eigenvalue weighted by Gasteiger charge is -2.32. The van der Waals surface area contributed by atoms with Crippen molar-refractivity contribution < 1.29 is 4.74 Å². The molecule has 0 aromatic heterocycles. The van der Waals surface area contributed by atoms with Crippen LogP contribution in [0.25, 0.3) is 0 Å². The maximum atomic E-state index is 5.75. The van der Waals surface area contributed by atoms with E-state index in [1.165, 1.54) is 81.8 Å². The number of aryl methyl sites for hydroxylation is 1. The van der Waals surface area contributed by atoms with Gasteiger partial charge in [0.2, 0.25) is 0 Å². The fraction of sp³-hybridized carbons (Fsp3) is 0.655. The maximum Gasteiger partial charge on any atom is 0.0575 e. The molecular weight excluding hydrogens is 364 g/mol. The van der Waals surface area contributed by atoms with Gasteiger partial charge < -0.3 is 4.74 Å². The van der Waals surface area contributed by atoms with Crippen LogP contribution in [0.5, 0.6) is 0 Å². The maximum absolute atomic E-state index is 5.75. The van der Waals surface area contributed by atoms with Crippen LogP contribution in [-0.2, 0) is 11.2 Å². The van der Waals surface area contributed by atoms with Crippen molar-refractivity contribution in [1.29, 1.82) is 0 Å². The number of allylic oxidation sites excluding steroid dienone is 1. The van der Waals surface area contributed by atoms with Gasteiger partial charge in [-0.05, 0) is 100 Å². The van der Waals surface area contributed by atoms with Crippen LogP contribution in [0, 0.1) is 35.5 Å². The highest BCUT2D eigenvalue weighted by Gasteiger charge is 2.25. The molecule has 0 N–H and O–H groups in total. The Morgan fingerprint density at radius 1 is 1.00 bits per heavy atom. The summed E-state index contributed by atoms with van der Waals surface area (Å²) in [4.78, 5) is 0. The second kappa shape index (κ2) is 12.4. The van der Waals surface area contributed by atoms with E-state index < -0.39 is 0 Å². The third-order valence-corrected chi connectivity index (χ3v) is 7.56. The molecule has 0 aliphatic heterocycles. The van der Waals surface area contributed by atoms with Gasteiger partial charge in [-0.15, -0.1) is 6.58 Å². The molecule has 2 saturated carbocycles. The summed E-state index contributed by atoms with van der Waals surface area (Å²) in [6.45, 7) is 9.27. The molecule has 1 aromatic carbocycles. The summed E-state index contributed by atoms with van der Waals surface area (Å²) in [5, 5.41) is 0. The topological polar surface area (TPSA) is 9.23 Å². The van der Waals surface area contributed by atoms with Gasteiger partial charge >= 0.3 is 0 Å². The normalized spacial score (nSPS) is 27.7. The number of rotatable bonds is 8. The van der Waals surface area contributed by atoms with Crippen LogP contribution < -0.4 is 0 Å². The van der Waals surface area contributed by atoms with E-state index in [2.05, 4.69) is 62.6 Å². The summed E-state index contributed by atoms with van der Waals surface area (Å²) in [5.74, 6) is 10.0. The van der Waals surface area contributed by atoms with Gasteiger partial charge in [-0.25, -0.2) is 0 Å². The third-order valence-electron chi connectivity index (χ3n) is 7.56. The zero-order valence-corrected chi connectivity index (χ0v) is 19.4. The van der Waals surface area contributed by atoms with Crippen molar-refractivity contribution >= 4 is 0 Å². The molecule has 1 nitrogen and oxygen atoms in total. The Morgan fingerprint density at radius 3 is 2.30 bits per heavy atom. The first-order valence-electron chi connectivity index (χ1n) is 12.6. The predicted octanol–water partition coefficient (Wildman–Crippen LogP) is 7.58. The van der Waals surface area contributed by atoms with E-state index in [0.717, 1.165) is 24.4 Å². The SMILES string of the molecule is C=CC(CC)[C@H]1CC[C@H](CCc2ccc(C#C[C@H]3CC[C@H](OCC)CC3)cc2)CC1. The van der Waals surface area contributed by atoms with Gasteiger partial charge in [0.05, 0.1) is 6.10 Å². The van der Waals surface area contributed by atoms with Crippen molar-refractivity contribution in [3.05, 3.63) is 48.0 Å². The highest BCUT2D eigenvalue weighted by Crippen LogP contribution is 2.37. The van der Waals surface area contributed by atoms with E-state index in [9.17, 15) is 0 Å². The molecule has 0 radical (unpaired) electrons. The lowest BCUT2D eigenvalue weighted by Crippen LogP contribution is -2.20. The first-order chi connectivity index (χ1) is 14.7. The zero-order valence-electron chi connectivity index (χ0n) is 19.4. The molecule has 0 heterocycles. The van der Waals surface area contributed by atoms with Gasteiger partial charge in [0.1, 0.15) is 0 Å². The fourth-order valence-corrected chi connectivity index (χ4v) is 5.52. The summed E-state index contributed by atoms with van der Waals surface area (Å²) < 4.78 is 5.75. The minimum Gasteiger partial charge on any atom is -0.379 e. The minimum absolute atomic E-state index is 0.470. The van der Waals surface area contributed by atoms with E-state index in [4.69, 9.17) is 4.74 Å². The lowest BCUT2D eigenvalue weighted by atomic mass is 9.73. The Balaban J connectivity index is 1.39. The van der Waals surface area contributed by atoms with Crippen LogP contribution in [0.2, 0.25) is 0 Å². The minimum atomic E-state index is 0.470. The van der Waals surface area contributed by atoms with Gasteiger partial charge in [0.15, 0.2) is 0 Å². The Morgan fingerprint density at radius 2 is 1.70 bits per heavy atom. The van der Waals surface area contributed by atoms with Gasteiger partial charge in [-0.3, -0.25) is 0 Å². The molecule has 1 atom stereocenters. The number of hydrogen-bond donors (Lipinski definition) is 0. The molecule has 3 rings (SSSR count). The van der Waals surface area contributed by atoms with Crippen LogP contribution in [0.3, 0.4) is 0 Å². The third kappa shape index (κ3) is 7.02. The number of ether oxygens (including phenoxy) is 1. The van der Waals surface area contributed by atoms with Gasteiger partial charge in [0, 0.05) is 18.1 Å². The molecule has 1 unspecified atom stereocenters. The molecule has 0 amide bonds. The Hall–Kier alpha value is -1.52. The summed E-state index contributed by atoms with van der Waals surface area (Å²) in [6, 6.07) is 9.04. The van der Waals surface area contributed by atoms with Crippen molar-refractivity contribution in [2.75, 3.05) is 6.61 Å². The van der Waals surface area contributed by atoms with Crippen molar-refractivity contribution in [3.63, 3.8) is 0 Å². The van der Waals surface area contributed by atoms with Gasteiger partial charge in [0.25, 0.3) is 0 Å². The van der Waals surface area contributed by atoms with E-state index >= 15 is 0 Å². The van der Waals surface area contributed by atoms with Crippen molar-refractivity contribution in [2.24, 2.45) is 23.7 Å². The fourth-order valence-electron chi connectivity index (χ4n) is 5.52. The first kappa shape index (κ1) is 23.1. The Bertz CT molecular complexity index is 675. The van der Waals surface area contributed by atoms with Crippen molar-refractivity contribution in [1.82, 2.24) is 0 Å². The largest absolute Gasteiger partial charge is 0.379 e. The smallest absolute Gasteiger partial charge is 0.0575 e.